The molecule has 24 heavy (non-hydrogen) atoms. The van der Waals surface area contributed by atoms with Gasteiger partial charge in [0.1, 0.15) is 0 Å². The minimum atomic E-state index is -0.361. The van der Waals surface area contributed by atoms with Gasteiger partial charge in [0.15, 0.2) is 0 Å². The molecule has 0 bridgehead atoms. The zero-order valence-corrected chi connectivity index (χ0v) is 13.6. The van der Waals surface area contributed by atoms with E-state index >= 15 is 0 Å². The number of benzene rings is 2. The summed E-state index contributed by atoms with van der Waals surface area (Å²) in [5, 5.41) is 16.2. The molecule has 3 aromatic rings. The van der Waals surface area contributed by atoms with Crippen molar-refractivity contribution in [2.75, 3.05) is 11.1 Å². The van der Waals surface area contributed by atoms with E-state index in [0.717, 1.165) is 23.2 Å². The normalized spacial score (nSPS) is 16.6. The minimum Gasteiger partial charge on any atom is -0.378 e. The van der Waals surface area contributed by atoms with Gasteiger partial charge < -0.3 is 5.32 Å². The number of aromatic nitrogens is 1. The number of nitro benzene ring substituents is 1. The van der Waals surface area contributed by atoms with Crippen molar-refractivity contribution in [2.45, 2.75) is 17.4 Å². The second kappa shape index (κ2) is 6.13. The first-order valence-electron chi connectivity index (χ1n) is 7.73. The number of thioether (sulfide) groups is 1. The van der Waals surface area contributed by atoms with E-state index in [9.17, 15) is 10.1 Å². The Morgan fingerprint density at radius 1 is 1.17 bits per heavy atom. The Kier molecular flexibility index (Phi) is 3.82. The maximum atomic E-state index is 11.2. The van der Waals surface area contributed by atoms with Crippen LogP contribution in [0.25, 0.3) is 10.8 Å². The van der Waals surface area contributed by atoms with Gasteiger partial charge in [0.05, 0.1) is 16.4 Å². The first kappa shape index (κ1) is 15.0. The standard InChI is InChI=1S/C18H15N3O2S/c22-21(23)17-6-5-15(12-7-9-19-11-14(12)17)20-16-8-10-24-18-4-2-1-3-13(16)18/h1-7,9,11,16,20H,8,10H2. The average molecular weight is 337 g/mol. The molecule has 120 valence electrons. The number of pyridine rings is 1. The van der Waals surface area contributed by atoms with Crippen molar-refractivity contribution in [3.63, 3.8) is 0 Å². The van der Waals surface area contributed by atoms with E-state index in [1.165, 1.54) is 10.5 Å². The lowest BCUT2D eigenvalue weighted by Gasteiger charge is -2.27. The highest BCUT2D eigenvalue weighted by Gasteiger charge is 2.22. The molecule has 0 spiro atoms. The van der Waals surface area contributed by atoms with Crippen LogP contribution in [0.15, 0.2) is 59.8 Å². The van der Waals surface area contributed by atoms with Gasteiger partial charge >= 0.3 is 0 Å². The summed E-state index contributed by atoms with van der Waals surface area (Å²) in [5.41, 5.74) is 2.28. The first-order valence-corrected chi connectivity index (χ1v) is 8.72. The van der Waals surface area contributed by atoms with Crippen molar-refractivity contribution in [3.8, 4) is 0 Å². The molecule has 1 aliphatic rings. The molecule has 1 N–H and O–H groups in total. The number of anilines is 1. The van der Waals surface area contributed by atoms with Crippen LogP contribution in [0.2, 0.25) is 0 Å². The highest BCUT2D eigenvalue weighted by molar-refractivity contribution is 7.99. The van der Waals surface area contributed by atoms with Crippen LogP contribution in [0.4, 0.5) is 11.4 Å². The zero-order valence-electron chi connectivity index (χ0n) is 12.8. The first-order chi connectivity index (χ1) is 11.7. The molecular weight excluding hydrogens is 322 g/mol. The van der Waals surface area contributed by atoms with Crippen LogP contribution in [-0.4, -0.2) is 15.7 Å². The highest BCUT2D eigenvalue weighted by atomic mass is 32.2. The molecule has 0 amide bonds. The molecule has 1 atom stereocenters. The van der Waals surface area contributed by atoms with E-state index in [1.54, 1.807) is 24.5 Å². The second-order valence-corrected chi connectivity index (χ2v) is 6.82. The number of hydrogen-bond donors (Lipinski definition) is 1. The van der Waals surface area contributed by atoms with E-state index in [-0.39, 0.29) is 16.7 Å². The van der Waals surface area contributed by atoms with E-state index in [2.05, 4.69) is 34.6 Å². The van der Waals surface area contributed by atoms with Gasteiger partial charge in [0.2, 0.25) is 0 Å². The van der Waals surface area contributed by atoms with Crippen LogP contribution in [0.5, 0.6) is 0 Å². The Bertz CT molecular complexity index is 929. The van der Waals surface area contributed by atoms with Gasteiger partial charge in [-0.05, 0) is 30.2 Å². The van der Waals surface area contributed by atoms with Crippen molar-refractivity contribution in [2.24, 2.45) is 0 Å². The van der Waals surface area contributed by atoms with Crippen LogP contribution in [0.1, 0.15) is 18.0 Å². The van der Waals surface area contributed by atoms with Crippen LogP contribution in [0.3, 0.4) is 0 Å². The molecule has 0 saturated heterocycles. The van der Waals surface area contributed by atoms with Crippen LogP contribution >= 0.6 is 11.8 Å². The summed E-state index contributed by atoms with van der Waals surface area (Å²) < 4.78 is 0. The van der Waals surface area contributed by atoms with Crippen molar-refractivity contribution < 1.29 is 4.92 Å². The van der Waals surface area contributed by atoms with Gasteiger partial charge in [-0.1, -0.05) is 18.2 Å². The van der Waals surface area contributed by atoms with E-state index in [0.29, 0.717) is 5.39 Å². The van der Waals surface area contributed by atoms with Gasteiger partial charge in [-0.25, -0.2) is 0 Å². The molecule has 2 heterocycles. The van der Waals surface area contributed by atoms with Crippen molar-refractivity contribution in [1.29, 1.82) is 0 Å². The Morgan fingerprint density at radius 2 is 2.04 bits per heavy atom. The lowest BCUT2D eigenvalue weighted by atomic mass is 10.0. The summed E-state index contributed by atoms with van der Waals surface area (Å²) in [7, 11) is 0. The Labute approximate surface area is 143 Å². The molecule has 5 nitrogen and oxygen atoms in total. The lowest BCUT2D eigenvalue weighted by Crippen LogP contribution is -2.16. The lowest BCUT2D eigenvalue weighted by molar-refractivity contribution is -0.383. The number of hydrogen-bond acceptors (Lipinski definition) is 5. The van der Waals surface area contributed by atoms with Crippen LogP contribution in [-0.2, 0) is 0 Å². The summed E-state index contributed by atoms with van der Waals surface area (Å²) in [6, 6.07) is 13.8. The van der Waals surface area contributed by atoms with Crippen molar-refractivity contribution >= 4 is 33.9 Å². The molecule has 0 radical (unpaired) electrons. The van der Waals surface area contributed by atoms with Crippen molar-refractivity contribution in [1.82, 2.24) is 4.98 Å². The van der Waals surface area contributed by atoms with Crippen LogP contribution < -0.4 is 5.32 Å². The second-order valence-electron chi connectivity index (χ2n) is 5.68. The molecule has 1 aromatic heterocycles. The molecule has 0 saturated carbocycles. The fourth-order valence-corrected chi connectivity index (χ4v) is 4.27. The van der Waals surface area contributed by atoms with Gasteiger partial charge in [0, 0.05) is 40.2 Å². The Hall–Kier alpha value is -2.60. The SMILES string of the molecule is O=[N+]([O-])c1ccc(NC2CCSc3ccccc32)c2ccncc12. The summed E-state index contributed by atoms with van der Waals surface area (Å²) in [6.45, 7) is 0. The number of rotatable bonds is 3. The molecule has 0 fully saturated rings. The molecular formula is C18H15N3O2S. The molecule has 1 aliphatic heterocycles. The fraction of sp³-hybridized carbons (Fsp3) is 0.167. The van der Waals surface area contributed by atoms with Crippen molar-refractivity contribution in [3.05, 3.63) is 70.5 Å². The minimum absolute atomic E-state index is 0.0863. The molecule has 2 aromatic carbocycles. The van der Waals surface area contributed by atoms with Gasteiger partial charge in [-0.3, -0.25) is 15.1 Å². The predicted octanol–water partition coefficient (Wildman–Crippen LogP) is 4.79. The third kappa shape index (κ3) is 2.59. The number of nitrogens with one attached hydrogen (secondary N) is 1. The summed E-state index contributed by atoms with van der Waals surface area (Å²) in [6.07, 6.45) is 4.25. The van der Waals surface area contributed by atoms with Gasteiger partial charge in [0.25, 0.3) is 5.69 Å². The van der Waals surface area contributed by atoms with Gasteiger partial charge in [-0.15, -0.1) is 11.8 Å². The quantitative estimate of drug-likeness (QED) is 0.549. The molecule has 4 rings (SSSR count). The maximum Gasteiger partial charge on any atom is 0.278 e. The Morgan fingerprint density at radius 3 is 2.92 bits per heavy atom. The fourth-order valence-electron chi connectivity index (χ4n) is 3.14. The van der Waals surface area contributed by atoms with E-state index in [4.69, 9.17) is 0 Å². The topological polar surface area (TPSA) is 68.1 Å². The molecule has 1 unspecified atom stereocenters. The van der Waals surface area contributed by atoms with Gasteiger partial charge in [-0.2, -0.15) is 0 Å². The largest absolute Gasteiger partial charge is 0.378 e. The smallest absolute Gasteiger partial charge is 0.278 e. The van der Waals surface area contributed by atoms with E-state index in [1.807, 2.05) is 17.8 Å². The maximum absolute atomic E-state index is 11.2. The highest BCUT2D eigenvalue weighted by Crippen LogP contribution is 2.39. The number of fused-ring (bicyclic) bond motifs is 2. The number of nitro groups is 1. The number of nitrogens with zero attached hydrogens (tertiary/aromatic N) is 2. The predicted molar refractivity (Wildman–Crippen MR) is 96.5 cm³/mol. The number of non-ortho nitro benzene ring substituents is 1. The summed E-state index contributed by atoms with van der Waals surface area (Å²) in [4.78, 5) is 16.2. The average Bonchev–Trinajstić information content (AvgIpc) is 2.62. The zero-order chi connectivity index (χ0) is 16.5. The monoisotopic (exact) mass is 337 g/mol. The van der Waals surface area contributed by atoms with Crippen LogP contribution in [0, 0.1) is 10.1 Å². The summed E-state index contributed by atoms with van der Waals surface area (Å²) >= 11 is 1.87. The molecule has 6 heteroatoms. The third-order valence-corrected chi connectivity index (χ3v) is 5.40. The Balaban J connectivity index is 1.77. The third-order valence-electron chi connectivity index (χ3n) is 4.28. The molecule has 0 aliphatic carbocycles. The summed E-state index contributed by atoms with van der Waals surface area (Å²) in [5.74, 6) is 1.06. The van der Waals surface area contributed by atoms with E-state index < -0.39 is 0 Å².